The monoisotopic (exact) mass is 523 g/mol. The van der Waals surface area contributed by atoms with Crippen molar-refractivity contribution in [3.8, 4) is 11.3 Å². The fraction of sp³-hybridized carbons (Fsp3) is 0.308. The van der Waals surface area contributed by atoms with Gasteiger partial charge in [-0.1, -0.05) is 60.1 Å². The second-order valence-corrected chi connectivity index (χ2v) is 9.92. The van der Waals surface area contributed by atoms with Crippen LogP contribution in [0.1, 0.15) is 18.4 Å². The van der Waals surface area contributed by atoms with E-state index >= 15 is 0 Å². The molecule has 0 radical (unpaired) electrons. The van der Waals surface area contributed by atoms with Crippen LogP contribution in [0.4, 0.5) is 5.82 Å². The summed E-state index contributed by atoms with van der Waals surface area (Å²) in [7, 11) is 0. The molecule has 1 aliphatic rings. The summed E-state index contributed by atoms with van der Waals surface area (Å²) in [4.78, 5) is 7.41. The molecule has 1 N–H and O–H groups in total. The zero-order chi connectivity index (χ0) is 22.6. The molecule has 1 unspecified atom stereocenters. The maximum Gasteiger partial charge on any atom is 0.172 e. The Balaban J connectivity index is 1.29. The fourth-order valence-corrected chi connectivity index (χ4v) is 5.15. The van der Waals surface area contributed by atoms with Gasteiger partial charge >= 0.3 is 0 Å². The van der Waals surface area contributed by atoms with E-state index in [0.717, 1.165) is 53.3 Å². The van der Waals surface area contributed by atoms with Crippen LogP contribution in [0.25, 0.3) is 16.9 Å². The maximum absolute atomic E-state index is 6.46. The Morgan fingerprint density at radius 3 is 2.76 bits per heavy atom. The number of aromatic nitrogens is 3. The van der Waals surface area contributed by atoms with Gasteiger partial charge in [0.1, 0.15) is 5.82 Å². The Morgan fingerprint density at radius 1 is 1.09 bits per heavy atom. The lowest BCUT2D eigenvalue weighted by molar-refractivity contribution is 0.182. The first-order chi connectivity index (χ1) is 16.2. The number of fused-ring (bicyclic) bond motifs is 1. The van der Waals surface area contributed by atoms with E-state index in [1.807, 2.05) is 34.8 Å². The number of anilines is 1. The summed E-state index contributed by atoms with van der Waals surface area (Å²) in [6.45, 7) is 4.32. The van der Waals surface area contributed by atoms with Crippen LogP contribution in [-0.2, 0) is 6.42 Å². The van der Waals surface area contributed by atoms with Crippen LogP contribution < -0.4 is 5.32 Å². The van der Waals surface area contributed by atoms with Crippen LogP contribution in [0, 0.1) is 5.92 Å². The number of hydrogen-bond donors (Lipinski definition) is 1. The second kappa shape index (κ2) is 10.2. The van der Waals surface area contributed by atoms with Crippen molar-refractivity contribution in [2.75, 3.05) is 31.5 Å². The first-order valence-corrected chi connectivity index (χ1v) is 12.6. The van der Waals surface area contributed by atoms with Gasteiger partial charge in [-0.15, -0.1) is 0 Å². The molecule has 170 valence electrons. The molecule has 2 aromatic heterocycles. The molecular formula is C26H27BrClN5. The molecule has 1 saturated heterocycles. The molecule has 0 amide bonds. The lowest BCUT2D eigenvalue weighted by Gasteiger charge is -2.33. The average Bonchev–Trinajstić information content (AvgIpc) is 3.23. The van der Waals surface area contributed by atoms with Crippen molar-refractivity contribution in [1.29, 1.82) is 0 Å². The maximum atomic E-state index is 6.46. The molecule has 33 heavy (non-hydrogen) atoms. The highest BCUT2D eigenvalue weighted by Gasteiger charge is 2.20. The number of piperidine rings is 1. The molecule has 0 bridgehead atoms. The van der Waals surface area contributed by atoms with Gasteiger partial charge in [-0.05, 0) is 59.3 Å². The second-order valence-electron chi connectivity index (χ2n) is 8.66. The number of benzene rings is 2. The predicted octanol–water partition coefficient (Wildman–Crippen LogP) is 6.18. The smallest absolute Gasteiger partial charge is 0.172 e. The fourth-order valence-electron chi connectivity index (χ4n) is 4.57. The zero-order valence-electron chi connectivity index (χ0n) is 18.4. The number of halogens is 2. The van der Waals surface area contributed by atoms with Crippen LogP contribution >= 0.6 is 27.5 Å². The molecule has 5 nitrogen and oxygen atoms in total. The number of nitrogens with zero attached hydrogens (tertiary/aromatic N) is 4. The Morgan fingerprint density at radius 2 is 1.91 bits per heavy atom. The van der Waals surface area contributed by atoms with Crippen molar-refractivity contribution in [2.24, 2.45) is 5.92 Å². The summed E-state index contributed by atoms with van der Waals surface area (Å²) in [5.74, 6) is 1.53. The van der Waals surface area contributed by atoms with Crippen LogP contribution in [-0.4, -0.2) is 45.7 Å². The molecule has 4 aromatic rings. The average molecular weight is 525 g/mol. The molecule has 0 saturated carbocycles. The predicted molar refractivity (Wildman–Crippen MR) is 139 cm³/mol. The molecule has 1 aliphatic heterocycles. The quantitative estimate of drug-likeness (QED) is 0.314. The minimum Gasteiger partial charge on any atom is -0.370 e. The van der Waals surface area contributed by atoms with Crippen molar-refractivity contribution >= 4 is 39.0 Å². The number of hydrogen-bond acceptors (Lipinski definition) is 4. The van der Waals surface area contributed by atoms with Crippen molar-refractivity contribution in [1.82, 2.24) is 19.5 Å². The van der Waals surface area contributed by atoms with Crippen LogP contribution in [0.15, 0.2) is 71.3 Å². The standard InChI is InChI=1S/C26H27BrClN5/c27-22-17-30-33-25(15-24(31-26(22)33)21-10-4-5-11-23(21)28)29-16-20-9-6-13-32(18-20)14-12-19-7-2-1-3-8-19/h1-5,7-8,10-11,15,17,20,29H,6,9,12-14,16,18H2. The third kappa shape index (κ3) is 5.24. The van der Waals surface area contributed by atoms with Gasteiger partial charge in [0.2, 0.25) is 0 Å². The number of rotatable bonds is 7. The Kier molecular flexibility index (Phi) is 6.95. The molecule has 0 aliphatic carbocycles. The molecule has 2 aromatic carbocycles. The van der Waals surface area contributed by atoms with E-state index < -0.39 is 0 Å². The highest BCUT2D eigenvalue weighted by molar-refractivity contribution is 9.10. The summed E-state index contributed by atoms with van der Waals surface area (Å²) in [6, 6.07) is 20.6. The van der Waals surface area contributed by atoms with Crippen LogP contribution in [0.5, 0.6) is 0 Å². The van der Waals surface area contributed by atoms with E-state index in [0.29, 0.717) is 10.9 Å². The van der Waals surface area contributed by atoms with Gasteiger partial charge in [0.25, 0.3) is 0 Å². The SMILES string of the molecule is Clc1ccccc1-c1cc(NCC2CCCN(CCc3ccccc3)C2)n2ncc(Br)c2n1. The van der Waals surface area contributed by atoms with Gasteiger partial charge in [-0.2, -0.15) is 9.61 Å². The normalized spacial score (nSPS) is 16.8. The van der Waals surface area contributed by atoms with Gasteiger partial charge in [-0.25, -0.2) is 4.98 Å². The van der Waals surface area contributed by atoms with Gasteiger partial charge < -0.3 is 10.2 Å². The van der Waals surface area contributed by atoms with E-state index in [4.69, 9.17) is 16.6 Å². The summed E-state index contributed by atoms with van der Waals surface area (Å²) >= 11 is 10.0. The summed E-state index contributed by atoms with van der Waals surface area (Å²) in [5, 5.41) is 8.87. The van der Waals surface area contributed by atoms with Crippen molar-refractivity contribution in [3.63, 3.8) is 0 Å². The van der Waals surface area contributed by atoms with E-state index in [1.165, 1.54) is 24.9 Å². The highest BCUT2D eigenvalue weighted by atomic mass is 79.9. The lowest BCUT2D eigenvalue weighted by Crippen LogP contribution is -2.39. The molecule has 0 spiro atoms. The van der Waals surface area contributed by atoms with Gasteiger partial charge in [-0.3, -0.25) is 0 Å². The first kappa shape index (κ1) is 22.4. The number of likely N-dealkylation sites (tertiary alicyclic amines) is 1. The van der Waals surface area contributed by atoms with E-state index in [-0.39, 0.29) is 0 Å². The van der Waals surface area contributed by atoms with Crippen LogP contribution in [0.3, 0.4) is 0 Å². The van der Waals surface area contributed by atoms with Gasteiger partial charge in [0.15, 0.2) is 5.65 Å². The van der Waals surface area contributed by atoms with Crippen LogP contribution in [0.2, 0.25) is 5.02 Å². The Hall–Kier alpha value is -2.41. The Labute approximate surface area is 207 Å². The highest BCUT2D eigenvalue weighted by Crippen LogP contribution is 2.30. The van der Waals surface area contributed by atoms with Crippen molar-refractivity contribution < 1.29 is 0 Å². The van der Waals surface area contributed by atoms with Crippen molar-refractivity contribution in [3.05, 3.63) is 81.9 Å². The minimum atomic E-state index is 0.598. The lowest BCUT2D eigenvalue weighted by atomic mass is 9.97. The Bertz CT molecular complexity index is 1230. The van der Waals surface area contributed by atoms with E-state index in [9.17, 15) is 0 Å². The summed E-state index contributed by atoms with van der Waals surface area (Å²) in [5.41, 5.74) is 3.95. The van der Waals surface area contributed by atoms with Gasteiger partial charge in [0.05, 0.1) is 16.4 Å². The summed E-state index contributed by atoms with van der Waals surface area (Å²) in [6.07, 6.45) is 5.37. The summed E-state index contributed by atoms with van der Waals surface area (Å²) < 4.78 is 2.73. The molecule has 7 heteroatoms. The minimum absolute atomic E-state index is 0.598. The third-order valence-corrected chi connectivity index (χ3v) is 7.20. The van der Waals surface area contributed by atoms with Gasteiger partial charge in [0, 0.05) is 36.3 Å². The largest absolute Gasteiger partial charge is 0.370 e. The topological polar surface area (TPSA) is 45.5 Å². The van der Waals surface area contributed by atoms with Crippen molar-refractivity contribution in [2.45, 2.75) is 19.3 Å². The zero-order valence-corrected chi connectivity index (χ0v) is 20.8. The first-order valence-electron chi connectivity index (χ1n) is 11.5. The van der Waals surface area contributed by atoms with E-state index in [1.54, 1.807) is 6.20 Å². The molecule has 1 atom stereocenters. The molecule has 3 heterocycles. The molecule has 1 fully saturated rings. The molecular weight excluding hydrogens is 498 g/mol. The number of nitrogens with one attached hydrogen (secondary N) is 1. The molecule has 5 rings (SSSR count). The third-order valence-electron chi connectivity index (χ3n) is 6.31. The van der Waals surface area contributed by atoms with E-state index in [2.05, 4.69) is 61.6 Å².